The van der Waals surface area contributed by atoms with Crippen molar-refractivity contribution in [2.75, 3.05) is 13.3 Å². The van der Waals surface area contributed by atoms with Crippen molar-refractivity contribution >= 4 is 13.2 Å². The van der Waals surface area contributed by atoms with Crippen LogP contribution in [0.3, 0.4) is 0 Å². The van der Waals surface area contributed by atoms with E-state index in [1.807, 2.05) is 0 Å². The van der Waals surface area contributed by atoms with Crippen LogP contribution in [-0.2, 0) is 6.54 Å². The van der Waals surface area contributed by atoms with Gasteiger partial charge in [0.15, 0.2) is 0 Å². The van der Waals surface area contributed by atoms with E-state index in [2.05, 4.69) is 37.6 Å². The molecule has 0 aliphatic carbocycles. The molecule has 1 aromatic carbocycles. The van der Waals surface area contributed by atoms with Gasteiger partial charge in [0.25, 0.3) is 0 Å². The largest absolute Gasteiger partial charge is 0.326 e. The highest BCUT2D eigenvalue weighted by molar-refractivity contribution is 7.64. The number of rotatable bonds is 2. The second kappa shape index (κ2) is 3.85. The molecule has 0 aromatic heterocycles. The number of hydrogen-bond donors (Lipinski definition) is 1. The van der Waals surface area contributed by atoms with Crippen LogP contribution in [0.4, 0.5) is 0 Å². The summed E-state index contributed by atoms with van der Waals surface area (Å²) in [6.45, 7) is 5.16. The average molecular weight is 167 g/mol. The molecule has 0 saturated carbocycles. The molecule has 0 unspecified atom stereocenters. The predicted octanol–water partition coefficient (Wildman–Crippen LogP) is 1.51. The first-order valence-corrected chi connectivity index (χ1v) is 5.94. The first-order chi connectivity index (χ1) is 5.24. The quantitative estimate of drug-likeness (QED) is 0.664. The van der Waals surface area contributed by atoms with Gasteiger partial charge >= 0.3 is 0 Å². The van der Waals surface area contributed by atoms with Crippen LogP contribution in [0.25, 0.3) is 0 Å². The van der Waals surface area contributed by atoms with E-state index >= 15 is 0 Å². The normalized spacial score (nSPS) is 10.5. The summed E-state index contributed by atoms with van der Waals surface area (Å²) in [5, 5.41) is 1.44. The number of hydrogen-bond acceptors (Lipinski definition) is 1. The summed E-state index contributed by atoms with van der Waals surface area (Å²) in [5.41, 5.74) is 6.69. The standard InChI is InChI=1S/C9H14NP/c1-11(2)9-5-3-8(7-10)4-6-9/h3-6H,7,10H2,1-2H3. The summed E-state index contributed by atoms with van der Waals surface area (Å²) < 4.78 is 0. The molecule has 1 nitrogen and oxygen atoms in total. The molecule has 0 amide bonds. The van der Waals surface area contributed by atoms with E-state index in [1.54, 1.807) is 0 Å². The molecule has 0 aliphatic rings. The van der Waals surface area contributed by atoms with Gasteiger partial charge in [0, 0.05) is 6.54 Å². The van der Waals surface area contributed by atoms with Crippen LogP contribution < -0.4 is 11.0 Å². The minimum absolute atomic E-state index is 0.0462. The van der Waals surface area contributed by atoms with E-state index in [0.29, 0.717) is 6.54 Å². The topological polar surface area (TPSA) is 26.0 Å². The Kier molecular flexibility index (Phi) is 3.04. The Balaban J connectivity index is 2.83. The summed E-state index contributed by atoms with van der Waals surface area (Å²) in [4.78, 5) is 0. The second-order valence-electron chi connectivity index (χ2n) is 2.76. The Morgan fingerprint density at radius 2 is 1.73 bits per heavy atom. The van der Waals surface area contributed by atoms with Gasteiger partial charge in [-0.15, -0.1) is 0 Å². The van der Waals surface area contributed by atoms with Crippen molar-refractivity contribution in [3.63, 3.8) is 0 Å². The van der Waals surface area contributed by atoms with E-state index in [1.165, 1.54) is 10.9 Å². The lowest BCUT2D eigenvalue weighted by Crippen LogP contribution is -2.01. The predicted molar refractivity (Wildman–Crippen MR) is 52.7 cm³/mol. The summed E-state index contributed by atoms with van der Waals surface area (Å²) in [7, 11) is 0.0462. The van der Waals surface area contributed by atoms with Crippen LogP contribution in [-0.4, -0.2) is 13.3 Å². The van der Waals surface area contributed by atoms with Crippen molar-refractivity contribution in [2.45, 2.75) is 6.54 Å². The van der Waals surface area contributed by atoms with Gasteiger partial charge in [-0.05, 0) is 24.2 Å². The van der Waals surface area contributed by atoms with Gasteiger partial charge < -0.3 is 5.73 Å². The molecule has 0 radical (unpaired) electrons. The maximum absolute atomic E-state index is 5.48. The van der Waals surface area contributed by atoms with E-state index in [4.69, 9.17) is 5.73 Å². The van der Waals surface area contributed by atoms with Crippen LogP contribution in [0.5, 0.6) is 0 Å². The maximum Gasteiger partial charge on any atom is 0.0178 e. The molecule has 60 valence electrons. The van der Waals surface area contributed by atoms with E-state index in [-0.39, 0.29) is 7.92 Å². The molecule has 1 aromatic rings. The lowest BCUT2D eigenvalue weighted by atomic mass is 10.2. The second-order valence-corrected chi connectivity index (χ2v) is 5.07. The molecule has 2 N–H and O–H groups in total. The van der Waals surface area contributed by atoms with Crippen molar-refractivity contribution in [3.05, 3.63) is 29.8 Å². The Morgan fingerprint density at radius 3 is 2.09 bits per heavy atom. The fraction of sp³-hybridized carbons (Fsp3) is 0.333. The Morgan fingerprint density at radius 1 is 1.18 bits per heavy atom. The summed E-state index contributed by atoms with van der Waals surface area (Å²) in [6, 6.07) is 8.57. The van der Waals surface area contributed by atoms with Gasteiger partial charge in [0.1, 0.15) is 0 Å². The molecule has 0 heterocycles. The van der Waals surface area contributed by atoms with E-state index < -0.39 is 0 Å². The zero-order valence-electron chi connectivity index (χ0n) is 7.04. The minimum Gasteiger partial charge on any atom is -0.326 e. The summed E-state index contributed by atoms with van der Waals surface area (Å²) >= 11 is 0. The molecular weight excluding hydrogens is 153 g/mol. The van der Waals surface area contributed by atoms with Crippen LogP contribution in [0, 0.1) is 0 Å². The zero-order valence-corrected chi connectivity index (χ0v) is 7.94. The van der Waals surface area contributed by atoms with Crippen molar-refractivity contribution in [1.82, 2.24) is 0 Å². The van der Waals surface area contributed by atoms with Crippen molar-refractivity contribution < 1.29 is 0 Å². The number of nitrogens with two attached hydrogens (primary N) is 1. The molecule has 1 rings (SSSR count). The third-order valence-corrected chi connectivity index (χ3v) is 3.02. The lowest BCUT2D eigenvalue weighted by molar-refractivity contribution is 1.07. The molecule has 0 spiro atoms. The average Bonchev–Trinajstić information content (AvgIpc) is 2.05. The number of benzene rings is 1. The highest BCUT2D eigenvalue weighted by Gasteiger charge is 1.96. The van der Waals surface area contributed by atoms with Gasteiger partial charge in [-0.25, -0.2) is 0 Å². The van der Waals surface area contributed by atoms with Crippen molar-refractivity contribution in [2.24, 2.45) is 5.73 Å². The molecule has 0 saturated heterocycles. The highest BCUT2D eigenvalue weighted by Crippen LogP contribution is 2.22. The Labute approximate surface area is 69.4 Å². The molecule has 11 heavy (non-hydrogen) atoms. The van der Waals surface area contributed by atoms with Crippen LogP contribution >= 0.6 is 7.92 Å². The smallest absolute Gasteiger partial charge is 0.0178 e. The third-order valence-electron chi connectivity index (χ3n) is 1.69. The molecule has 2 heteroatoms. The molecule has 0 fully saturated rings. The third kappa shape index (κ3) is 2.28. The SMILES string of the molecule is CP(C)c1ccc(CN)cc1. The first-order valence-electron chi connectivity index (χ1n) is 3.70. The monoisotopic (exact) mass is 167 g/mol. The summed E-state index contributed by atoms with van der Waals surface area (Å²) in [5.74, 6) is 0. The summed E-state index contributed by atoms with van der Waals surface area (Å²) in [6.07, 6.45) is 0. The lowest BCUT2D eigenvalue weighted by Gasteiger charge is -2.05. The van der Waals surface area contributed by atoms with E-state index in [0.717, 1.165) is 0 Å². The van der Waals surface area contributed by atoms with Crippen molar-refractivity contribution in [3.8, 4) is 0 Å². The minimum atomic E-state index is 0.0462. The Hall–Kier alpha value is -0.390. The fourth-order valence-electron chi connectivity index (χ4n) is 0.930. The van der Waals surface area contributed by atoms with Crippen LogP contribution in [0.15, 0.2) is 24.3 Å². The van der Waals surface area contributed by atoms with Gasteiger partial charge in [0.05, 0.1) is 0 Å². The maximum atomic E-state index is 5.48. The fourth-order valence-corrected chi connectivity index (χ4v) is 1.68. The highest BCUT2D eigenvalue weighted by atomic mass is 31.1. The van der Waals surface area contributed by atoms with Crippen molar-refractivity contribution in [1.29, 1.82) is 0 Å². The first kappa shape index (κ1) is 8.70. The molecule has 0 aliphatic heterocycles. The van der Waals surface area contributed by atoms with Gasteiger partial charge in [-0.2, -0.15) is 0 Å². The van der Waals surface area contributed by atoms with E-state index in [9.17, 15) is 0 Å². The molecular formula is C9H14NP. The van der Waals surface area contributed by atoms with Crippen LogP contribution in [0.2, 0.25) is 0 Å². The molecule has 0 atom stereocenters. The van der Waals surface area contributed by atoms with Gasteiger partial charge in [-0.1, -0.05) is 32.2 Å². The zero-order chi connectivity index (χ0) is 8.27. The molecule has 0 bridgehead atoms. The van der Waals surface area contributed by atoms with Crippen LogP contribution in [0.1, 0.15) is 5.56 Å². The van der Waals surface area contributed by atoms with Gasteiger partial charge in [-0.3, -0.25) is 0 Å². The Bertz CT molecular complexity index is 216. The van der Waals surface area contributed by atoms with Gasteiger partial charge in [0.2, 0.25) is 0 Å².